The van der Waals surface area contributed by atoms with E-state index in [0.29, 0.717) is 22.4 Å². The number of fused-ring (bicyclic) bond motifs is 1. The number of hydrogen-bond donors (Lipinski definition) is 4. The number of nitrogens with one attached hydrogen (secondary N) is 1. The molecule has 1 aromatic carbocycles. The summed E-state index contributed by atoms with van der Waals surface area (Å²) in [5.41, 5.74) is 3.98. The maximum atomic E-state index is 12.7. The molecule has 0 bridgehead atoms. The molecule has 33 heavy (non-hydrogen) atoms. The van der Waals surface area contributed by atoms with E-state index in [4.69, 9.17) is 10.3 Å². The van der Waals surface area contributed by atoms with Gasteiger partial charge in [0, 0.05) is 35.8 Å². The molecule has 0 saturated heterocycles. The van der Waals surface area contributed by atoms with Crippen LogP contribution in [0.1, 0.15) is 41.8 Å². The molecule has 1 aliphatic heterocycles. The Morgan fingerprint density at radius 1 is 1.24 bits per heavy atom. The molecule has 2 aromatic rings. The molecule has 0 spiro atoms. The molecule has 3 rings (SSSR count). The Labute approximate surface area is 191 Å². The normalized spacial score (nSPS) is 15.9. The molecule has 11 heteroatoms. The summed E-state index contributed by atoms with van der Waals surface area (Å²) in [6.07, 6.45) is 1.38. The van der Waals surface area contributed by atoms with Crippen molar-refractivity contribution in [2.75, 3.05) is 19.4 Å². The Kier molecular flexibility index (Phi) is 6.94. The van der Waals surface area contributed by atoms with Gasteiger partial charge in [-0.2, -0.15) is 0 Å². The SMILES string of the molecule is CC(CCN1Cc2cc(C#Cc3ccc([C@@H](O)CO)cc3)cn2C1=O)(C(=O)NO)S(C)(=O)=O. The molecule has 176 valence electrons. The predicted molar refractivity (Wildman–Crippen MR) is 118 cm³/mol. The summed E-state index contributed by atoms with van der Waals surface area (Å²) in [5.74, 6) is 4.90. The number of aromatic nitrogens is 1. The summed E-state index contributed by atoms with van der Waals surface area (Å²) in [6.45, 7) is 1.08. The minimum Gasteiger partial charge on any atom is -0.393 e. The van der Waals surface area contributed by atoms with Crippen LogP contribution in [0.3, 0.4) is 0 Å². The van der Waals surface area contributed by atoms with Crippen LogP contribution in [0.4, 0.5) is 4.79 Å². The predicted octanol–water partition coefficient (Wildman–Crippen LogP) is 0.396. The van der Waals surface area contributed by atoms with E-state index in [9.17, 15) is 23.1 Å². The van der Waals surface area contributed by atoms with Gasteiger partial charge in [-0.05, 0) is 37.1 Å². The molecular formula is C22H25N3O7S. The van der Waals surface area contributed by atoms with E-state index in [2.05, 4.69) is 11.8 Å². The van der Waals surface area contributed by atoms with Crippen LogP contribution in [-0.4, -0.2) is 69.4 Å². The summed E-state index contributed by atoms with van der Waals surface area (Å²) in [4.78, 5) is 26.1. The number of benzene rings is 1. The maximum absolute atomic E-state index is 12.7. The van der Waals surface area contributed by atoms with Crippen molar-refractivity contribution in [2.45, 2.75) is 30.7 Å². The van der Waals surface area contributed by atoms with Gasteiger partial charge in [0.2, 0.25) is 0 Å². The molecule has 0 fully saturated rings. The molecule has 1 aromatic heterocycles. The van der Waals surface area contributed by atoms with Crippen LogP contribution in [0.25, 0.3) is 0 Å². The van der Waals surface area contributed by atoms with E-state index in [1.54, 1.807) is 36.5 Å². The third-order valence-corrected chi connectivity index (χ3v) is 7.83. The quantitative estimate of drug-likeness (QED) is 0.257. The maximum Gasteiger partial charge on any atom is 0.328 e. The Hall–Kier alpha value is -3.17. The van der Waals surface area contributed by atoms with E-state index >= 15 is 0 Å². The highest BCUT2D eigenvalue weighted by Crippen LogP contribution is 2.25. The monoisotopic (exact) mass is 475 g/mol. The van der Waals surface area contributed by atoms with Crippen molar-refractivity contribution in [3.63, 3.8) is 0 Å². The zero-order chi connectivity index (χ0) is 24.4. The van der Waals surface area contributed by atoms with Crippen molar-refractivity contribution in [3.8, 4) is 11.8 Å². The highest BCUT2D eigenvalue weighted by molar-refractivity contribution is 7.92. The van der Waals surface area contributed by atoms with E-state index in [0.717, 1.165) is 6.26 Å². The van der Waals surface area contributed by atoms with Gasteiger partial charge in [-0.25, -0.2) is 18.7 Å². The van der Waals surface area contributed by atoms with Gasteiger partial charge in [-0.3, -0.25) is 14.6 Å². The highest BCUT2D eigenvalue weighted by Gasteiger charge is 2.44. The number of sulfone groups is 1. The molecule has 0 aliphatic carbocycles. The molecule has 4 N–H and O–H groups in total. The smallest absolute Gasteiger partial charge is 0.328 e. The fourth-order valence-corrected chi connectivity index (χ4v) is 4.28. The summed E-state index contributed by atoms with van der Waals surface area (Å²) < 4.78 is 23.7. The largest absolute Gasteiger partial charge is 0.393 e. The van der Waals surface area contributed by atoms with E-state index in [1.807, 2.05) is 0 Å². The zero-order valence-electron chi connectivity index (χ0n) is 18.1. The van der Waals surface area contributed by atoms with E-state index in [1.165, 1.54) is 21.9 Å². The minimum atomic E-state index is -3.85. The third-order valence-electron chi connectivity index (χ3n) is 5.81. The van der Waals surface area contributed by atoms with Crippen molar-refractivity contribution in [3.05, 3.63) is 58.9 Å². The molecular weight excluding hydrogens is 450 g/mol. The number of amides is 2. The molecule has 2 atom stereocenters. The first-order valence-corrected chi connectivity index (χ1v) is 11.9. The van der Waals surface area contributed by atoms with Crippen LogP contribution in [0.5, 0.6) is 0 Å². The first-order chi connectivity index (χ1) is 15.5. The average molecular weight is 476 g/mol. The molecule has 10 nitrogen and oxygen atoms in total. The Bertz CT molecular complexity index is 1220. The lowest BCUT2D eigenvalue weighted by molar-refractivity contribution is -0.131. The molecule has 0 radical (unpaired) electrons. The number of carbonyl (C=O) groups is 2. The molecule has 0 saturated carbocycles. The lowest BCUT2D eigenvalue weighted by Gasteiger charge is -2.27. The van der Waals surface area contributed by atoms with Gasteiger partial charge in [-0.1, -0.05) is 24.0 Å². The van der Waals surface area contributed by atoms with E-state index in [-0.39, 0.29) is 32.1 Å². The number of hydroxylamine groups is 1. The van der Waals surface area contributed by atoms with Gasteiger partial charge in [0.1, 0.15) is 6.10 Å². The van der Waals surface area contributed by atoms with Crippen LogP contribution in [0, 0.1) is 11.8 Å². The number of hydrogen-bond acceptors (Lipinski definition) is 7. The second-order valence-electron chi connectivity index (χ2n) is 8.06. The lowest BCUT2D eigenvalue weighted by Crippen LogP contribution is -2.50. The standard InChI is InChI=1S/C22H25N3O7S/c1-22(20(28)23-30,33(2,31)32)9-10-24-13-18-11-16(12-25(18)21(24)29)4-3-15-5-7-17(8-6-15)19(27)14-26/h5-8,11-12,19,26-27,30H,9-10,13-14H2,1-2H3,(H,23,28)/t19-,22?/m0/s1. The van der Waals surface area contributed by atoms with Gasteiger partial charge < -0.3 is 15.1 Å². The topological polar surface area (TPSA) is 149 Å². The second-order valence-corrected chi connectivity index (χ2v) is 10.5. The van der Waals surface area contributed by atoms with Gasteiger partial charge in [-0.15, -0.1) is 0 Å². The van der Waals surface area contributed by atoms with Crippen molar-refractivity contribution in [1.29, 1.82) is 0 Å². The van der Waals surface area contributed by atoms with Crippen molar-refractivity contribution in [1.82, 2.24) is 14.9 Å². The van der Waals surface area contributed by atoms with Crippen LogP contribution in [0.2, 0.25) is 0 Å². The van der Waals surface area contributed by atoms with Crippen LogP contribution < -0.4 is 5.48 Å². The number of aliphatic hydroxyl groups excluding tert-OH is 2. The fourth-order valence-electron chi connectivity index (χ4n) is 3.44. The lowest BCUT2D eigenvalue weighted by atomic mass is 10.1. The van der Waals surface area contributed by atoms with Crippen LogP contribution in [0.15, 0.2) is 36.5 Å². The number of nitrogens with zero attached hydrogens (tertiary/aromatic N) is 2. The highest BCUT2D eigenvalue weighted by atomic mass is 32.2. The van der Waals surface area contributed by atoms with Crippen molar-refractivity contribution >= 4 is 21.8 Å². The van der Waals surface area contributed by atoms with Gasteiger partial charge in [0.15, 0.2) is 14.6 Å². The van der Waals surface area contributed by atoms with Gasteiger partial charge >= 0.3 is 6.03 Å². The van der Waals surface area contributed by atoms with Crippen molar-refractivity contribution in [2.24, 2.45) is 0 Å². The first-order valence-electron chi connectivity index (χ1n) is 10.1. The second kappa shape index (κ2) is 9.36. The van der Waals surface area contributed by atoms with E-state index < -0.39 is 26.6 Å². The Morgan fingerprint density at radius 3 is 2.42 bits per heavy atom. The number of carbonyl (C=O) groups excluding carboxylic acids is 2. The molecule has 2 heterocycles. The fraction of sp³-hybridized carbons (Fsp3) is 0.364. The summed E-state index contributed by atoms with van der Waals surface area (Å²) in [6, 6.07) is 8.19. The summed E-state index contributed by atoms with van der Waals surface area (Å²) in [7, 11) is -3.85. The van der Waals surface area contributed by atoms with Crippen LogP contribution in [-0.2, 0) is 21.2 Å². The minimum absolute atomic E-state index is 0.00452. The molecule has 1 unspecified atom stereocenters. The van der Waals surface area contributed by atoms with Gasteiger partial charge in [0.25, 0.3) is 5.91 Å². The first kappa shape index (κ1) is 24.5. The zero-order valence-corrected chi connectivity index (χ0v) is 19.0. The van der Waals surface area contributed by atoms with Crippen LogP contribution >= 0.6 is 0 Å². The average Bonchev–Trinajstić information content (AvgIpc) is 3.32. The molecule has 2 amide bonds. The third kappa shape index (κ3) is 4.94. The number of rotatable bonds is 7. The summed E-state index contributed by atoms with van der Waals surface area (Å²) in [5, 5.41) is 27.5. The Balaban J connectivity index is 1.69. The number of aliphatic hydroxyl groups is 2. The van der Waals surface area contributed by atoms with Gasteiger partial charge in [0.05, 0.1) is 13.2 Å². The summed E-state index contributed by atoms with van der Waals surface area (Å²) >= 11 is 0. The Morgan fingerprint density at radius 2 is 1.88 bits per heavy atom. The van der Waals surface area contributed by atoms with Crippen molar-refractivity contribution < 1.29 is 33.4 Å². The molecule has 1 aliphatic rings.